The van der Waals surface area contributed by atoms with E-state index in [1.807, 2.05) is 13.0 Å². The minimum atomic E-state index is -0.148. The third-order valence-corrected chi connectivity index (χ3v) is 4.52. The van der Waals surface area contributed by atoms with Gasteiger partial charge in [-0.2, -0.15) is 11.3 Å². The Morgan fingerprint density at radius 3 is 2.84 bits per heavy atom. The Kier molecular flexibility index (Phi) is 5.55. The van der Waals surface area contributed by atoms with Crippen LogP contribution >= 0.6 is 27.3 Å². The van der Waals surface area contributed by atoms with Crippen LogP contribution < -0.4 is 5.32 Å². The van der Waals surface area contributed by atoms with E-state index in [0.29, 0.717) is 0 Å². The molecule has 1 unspecified atom stereocenters. The topological polar surface area (TPSA) is 12.0 Å². The predicted octanol–water partition coefficient (Wildman–Crippen LogP) is 4.93. The lowest BCUT2D eigenvalue weighted by atomic mass is 9.99. The van der Waals surface area contributed by atoms with E-state index in [2.05, 4.69) is 38.1 Å². The first kappa shape index (κ1) is 14.7. The zero-order valence-electron chi connectivity index (χ0n) is 10.8. The fourth-order valence-corrected chi connectivity index (χ4v) is 3.51. The first-order valence-corrected chi connectivity index (χ1v) is 8.14. The highest BCUT2D eigenvalue weighted by Gasteiger charge is 2.17. The molecule has 4 heteroatoms. The number of nitrogens with one attached hydrogen (secondary N) is 1. The van der Waals surface area contributed by atoms with Crippen LogP contribution in [0, 0.1) is 5.82 Å². The molecule has 0 aliphatic rings. The Bertz CT molecular complexity index is 493. The second-order valence-electron chi connectivity index (χ2n) is 4.42. The van der Waals surface area contributed by atoms with Crippen LogP contribution in [0.3, 0.4) is 0 Å². The molecule has 2 rings (SSSR count). The summed E-state index contributed by atoms with van der Waals surface area (Å²) in [6, 6.07) is 7.32. The van der Waals surface area contributed by atoms with Crippen molar-refractivity contribution >= 4 is 27.3 Å². The molecule has 102 valence electrons. The Labute approximate surface area is 126 Å². The average molecular weight is 342 g/mol. The van der Waals surface area contributed by atoms with Crippen molar-refractivity contribution in [2.45, 2.75) is 25.8 Å². The number of hydrogen-bond acceptors (Lipinski definition) is 2. The fourth-order valence-electron chi connectivity index (χ4n) is 2.18. The maximum atomic E-state index is 14.0. The first-order valence-electron chi connectivity index (χ1n) is 6.40. The van der Waals surface area contributed by atoms with Gasteiger partial charge in [0.05, 0.1) is 0 Å². The SMILES string of the molecule is CCNC(CCc1ccsc1)c1c(F)cccc1Br. The molecular weight excluding hydrogens is 325 g/mol. The molecule has 0 fully saturated rings. The molecule has 1 aromatic carbocycles. The van der Waals surface area contributed by atoms with Crippen molar-refractivity contribution in [1.29, 1.82) is 0 Å². The van der Waals surface area contributed by atoms with E-state index in [1.54, 1.807) is 17.4 Å². The van der Waals surface area contributed by atoms with Crippen molar-refractivity contribution in [2.24, 2.45) is 0 Å². The lowest BCUT2D eigenvalue weighted by molar-refractivity contribution is 0.483. The molecule has 2 aromatic rings. The molecular formula is C15H17BrFNS. The van der Waals surface area contributed by atoms with Crippen LogP contribution in [0.2, 0.25) is 0 Å². The van der Waals surface area contributed by atoms with Gasteiger partial charge in [-0.25, -0.2) is 4.39 Å². The second kappa shape index (κ2) is 7.17. The lowest BCUT2D eigenvalue weighted by Gasteiger charge is -2.20. The third kappa shape index (κ3) is 3.88. The van der Waals surface area contributed by atoms with Crippen LogP contribution in [0.1, 0.15) is 30.5 Å². The summed E-state index contributed by atoms with van der Waals surface area (Å²) in [4.78, 5) is 0. The van der Waals surface area contributed by atoms with E-state index in [9.17, 15) is 4.39 Å². The van der Waals surface area contributed by atoms with Crippen LogP contribution in [0.5, 0.6) is 0 Å². The Hall–Kier alpha value is -0.710. The van der Waals surface area contributed by atoms with Gasteiger partial charge in [0.2, 0.25) is 0 Å². The highest BCUT2D eigenvalue weighted by molar-refractivity contribution is 9.10. The van der Waals surface area contributed by atoms with Crippen LogP contribution in [-0.4, -0.2) is 6.54 Å². The van der Waals surface area contributed by atoms with Gasteiger partial charge in [0.25, 0.3) is 0 Å². The second-order valence-corrected chi connectivity index (χ2v) is 6.05. The quantitative estimate of drug-likeness (QED) is 0.785. The van der Waals surface area contributed by atoms with E-state index < -0.39 is 0 Å². The fraction of sp³-hybridized carbons (Fsp3) is 0.333. The van der Waals surface area contributed by atoms with Crippen LogP contribution in [0.4, 0.5) is 4.39 Å². The molecule has 0 amide bonds. The molecule has 19 heavy (non-hydrogen) atoms. The van der Waals surface area contributed by atoms with Gasteiger partial charge in [-0.15, -0.1) is 0 Å². The van der Waals surface area contributed by atoms with Gasteiger partial charge in [-0.3, -0.25) is 0 Å². The van der Waals surface area contributed by atoms with Gasteiger partial charge in [0, 0.05) is 16.1 Å². The Balaban J connectivity index is 2.15. The summed E-state index contributed by atoms with van der Waals surface area (Å²) in [5, 5.41) is 7.61. The number of halogens is 2. The van der Waals surface area contributed by atoms with E-state index in [1.165, 1.54) is 11.6 Å². The van der Waals surface area contributed by atoms with Crippen molar-refractivity contribution in [3.63, 3.8) is 0 Å². The number of rotatable bonds is 6. The molecule has 0 radical (unpaired) electrons. The Morgan fingerprint density at radius 1 is 1.37 bits per heavy atom. The van der Waals surface area contributed by atoms with Crippen molar-refractivity contribution in [3.8, 4) is 0 Å². The van der Waals surface area contributed by atoms with Crippen molar-refractivity contribution < 1.29 is 4.39 Å². The summed E-state index contributed by atoms with van der Waals surface area (Å²) in [7, 11) is 0. The van der Waals surface area contributed by atoms with Crippen molar-refractivity contribution in [3.05, 3.63) is 56.4 Å². The first-order chi connectivity index (χ1) is 9.22. The zero-order valence-corrected chi connectivity index (χ0v) is 13.2. The predicted molar refractivity (Wildman–Crippen MR) is 83.2 cm³/mol. The van der Waals surface area contributed by atoms with Gasteiger partial charge < -0.3 is 5.32 Å². The molecule has 0 saturated carbocycles. The summed E-state index contributed by atoms with van der Waals surface area (Å²) in [6.07, 6.45) is 1.85. The number of benzene rings is 1. The van der Waals surface area contributed by atoms with Gasteiger partial charge in [0.1, 0.15) is 5.82 Å². The summed E-state index contributed by atoms with van der Waals surface area (Å²) in [5.74, 6) is -0.148. The molecule has 0 saturated heterocycles. The summed E-state index contributed by atoms with van der Waals surface area (Å²) in [6.45, 7) is 2.88. The Morgan fingerprint density at radius 2 is 2.21 bits per heavy atom. The van der Waals surface area contributed by atoms with Crippen LogP contribution in [-0.2, 0) is 6.42 Å². The van der Waals surface area contributed by atoms with E-state index in [4.69, 9.17) is 0 Å². The van der Waals surface area contributed by atoms with Gasteiger partial charge >= 0.3 is 0 Å². The van der Waals surface area contributed by atoms with E-state index in [-0.39, 0.29) is 11.9 Å². The number of hydrogen-bond donors (Lipinski definition) is 1. The molecule has 1 N–H and O–H groups in total. The van der Waals surface area contributed by atoms with Gasteiger partial charge in [-0.05, 0) is 53.9 Å². The summed E-state index contributed by atoms with van der Waals surface area (Å²) in [5.41, 5.74) is 2.06. The average Bonchev–Trinajstić information content (AvgIpc) is 2.88. The molecule has 0 aliphatic heterocycles. The molecule has 0 aliphatic carbocycles. The molecule has 1 atom stereocenters. The zero-order chi connectivity index (χ0) is 13.7. The highest BCUT2D eigenvalue weighted by atomic mass is 79.9. The van der Waals surface area contributed by atoms with Crippen molar-refractivity contribution in [2.75, 3.05) is 6.54 Å². The van der Waals surface area contributed by atoms with E-state index in [0.717, 1.165) is 29.4 Å². The molecule has 0 spiro atoms. The lowest BCUT2D eigenvalue weighted by Crippen LogP contribution is -2.23. The standard InChI is InChI=1S/C15H17BrFNS/c1-2-18-14(7-6-11-8-9-19-10-11)15-12(16)4-3-5-13(15)17/h3-5,8-10,14,18H,2,6-7H2,1H3. The molecule has 1 heterocycles. The number of thiophene rings is 1. The maximum Gasteiger partial charge on any atom is 0.129 e. The molecule has 1 nitrogen and oxygen atoms in total. The maximum absolute atomic E-state index is 14.0. The van der Waals surface area contributed by atoms with Gasteiger partial charge in [0.15, 0.2) is 0 Å². The summed E-state index contributed by atoms with van der Waals surface area (Å²) >= 11 is 5.16. The summed E-state index contributed by atoms with van der Waals surface area (Å²) < 4.78 is 14.9. The van der Waals surface area contributed by atoms with Crippen LogP contribution in [0.25, 0.3) is 0 Å². The third-order valence-electron chi connectivity index (χ3n) is 3.10. The molecule has 0 bridgehead atoms. The largest absolute Gasteiger partial charge is 0.310 e. The van der Waals surface area contributed by atoms with Crippen LogP contribution in [0.15, 0.2) is 39.5 Å². The monoisotopic (exact) mass is 341 g/mol. The highest BCUT2D eigenvalue weighted by Crippen LogP contribution is 2.29. The smallest absolute Gasteiger partial charge is 0.129 e. The minimum Gasteiger partial charge on any atom is -0.310 e. The molecule has 1 aromatic heterocycles. The van der Waals surface area contributed by atoms with E-state index >= 15 is 0 Å². The minimum absolute atomic E-state index is 0.0421. The van der Waals surface area contributed by atoms with Crippen molar-refractivity contribution in [1.82, 2.24) is 5.32 Å². The number of aryl methyl sites for hydroxylation is 1. The normalized spacial score (nSPS) is 12.6. The van der Waals surface area contributed by atoms with Gasteiger partial charge in [-0.1, -0.05) is 28.9 Å².